The van der Waals surface area contributed by atoms with Gasteiger partial charge in [0.2, 0.25) is 0 Å². The van der Waals surface area contributed by atoms with Gasteiger partial charge in [0, 0.05) is 29.4 Å². The quantitative estimate of drug-likeness (QED) is 0.244. The number of aryl methyl sites for hydroxylation is 3. The third kappa shape index (κ3) is 4.60. The number of rotatable bonds is 5. The molecule has 2 heterocycles. The lowest BCUT2D eigenvalue weighted by molar-refractivity contribution is -0.623. The molecule has 0 bridgehead atoms. The second-order valence-electron chi connectivity index (χ2n) is 8.16. The lowest BCUT2D eigenvalue weighted by Gasteiger charge is -2.16. The van der Waals surface area contributed by atoms with Crippen LogP contribution >= 0.6 is 11.6 Å². The van der Waals surface area contributed by atoms with Crippen LogP contribution in [0, 0.1) is 13.8 Å². The molecule has 0 atom stereocenters. The number of hydrogen-bond acceptors (Lipinski definition) is 7. The van der Waals surface area contributed by atoms with E-state index in [0.29, 0.717) is 34.0 Å². The van der Waals surface area contributed by atoms with Gasteiger partial charge in [0.1, 0.15) is 22.0 Å². The number of nitrogens with two attached hydrogens (primary N) is 2. The molecule has 0 spiro atoms. The van der Waals surface area contributed by atoms with Crippen LogP contribution in [0.4, 0.5) is 5.82 Å². The number of hydrogen-bond donors (Lipinski definition) is 2. The predicted molar refractivity (Wildman–Crippen MR) is 128 cm³/mol. The first kappa shape index (κ1) is 23.7. The predicted octanol–water partition coefficient (Wildman–Crippen LogP) is 2.50. The van der Waals surface area contributed by atoms with Gasteiger partial charge in [0.25, 0.3) is 0 Å². The van der Waals surface area contributed by atoms with Crippen LogP contribution in [0.15, 0.2) is 53.8 Å². The lowest BCUT2D eigenvalue weighted by Crippen LogP contribution is -2.47. The molecule has 0 aliphatic rings. The highest BCUT2D eigenvalue weighted by atomic mass is 35.5. The van der Waals surface area contributed by atoms with Gasteiger partial charge in [-0.25, -0.2) is 13.4 Å². The van der Waals surface area contributed by atoms with E-state index in [9.17, 15) is 13.0 Å². The van der Waals surface area contributed by atoms with Gasteiger partial charge in [-0.2, -0.15) is 5.10 Å². The van der Waals surface area contributed by atoms with Crippen LogP contribution in [0.25, 0.3) is 22.5 Å². The lowest BCUT2D eigenvalue weighted by atomic mass is 9.96. The van der Waals surface area contributed by atoms with Crippen LogP contribution in [-0.2, 0) is 23.6 Å². The van der Waals surface area contributed by atoms with Crippen molar-refractivity contribution in [3.05, 3.63) is 76.2 Å². The fourth-order valence-corrected chi connectivity index (χ4v) is 5.23. The van der Waals surface area contributed by atoms with Crippen molar-refractivity contribution >= 4 is 27.5 Å². The summed E-state index contributed by atoms with van der Waals surface area (Å²) in [4.78, 5) is 4.57. The van der Waals surface area contributed by atoms with Crippen molar-refractivity contribution in [2.24, 2.45) is 7.05 Å². The number of nitrogens with zero attached hydrogens (tertiary/aromatic N) is 4. The van der Waals surface area contributed by atoms with E-state index in [1.54, 1.807) is 62.4 Å². The molecule has 34 heavy (non-hydrogen) atoms. The summed E-state index contributed by atoms with van der Waals surface area (Å²) in [6.45, 7) is 3.22. The van der Waals surface area contributed by atoms with E-state index in [1.165, 1.54) is 4.68 Å². The molecule has 0 amide bonds. The molecule has 0 fully saturated rings. The Hall–Kier alpha value is -3.47. The normalized spacial score (nSPS) is 11.7. The van der Waals surface area contributed by atoms with E-state index in [4.69, 9.17) is 28.2 Å². The van der Waals surface area contributed by atoms with Crippen molar-refractivity contribution in [2.45, 2.75) is 25.2 Å². The fraction of sp³-hybridized carbons (Fsp3) is 0.174. The smallest absolute Gasteiger partial charge is 0.322 e. The summed E-state index contributed by atoms with van der Waals surface area (Å²) in [7, 11) is -2.77. The molecular weight excluding hydrogens is 476 g/mol. The number of nitrogen functional groups attached to an aromatic ring is 2. The molecule has 4 N–H and O–H groups in total. The van der Waals surface area contributed by atoms with E-state index < -0.39 is 10.1 Å². The SMILES string of the molecule is Cc1cc(Cc2cc(Cl)ccc2-c2c[n+](N)c(N)c(-c3cnn(C)c3)n2)cc(C)c1S(=O)(=O)[O-]. The standard InChI is InChI=1S/C23H23ClN6O3S/c1-13-6-15(7-14(2)22(13)34(31,32)33)8-16-9-18(24)4-5-19(16)20-12-30(26)23(25)21(28-20)17-10-27-29(3)11-17/h4-7,9-12,25H,8,26H2,1-3H3,(H,31,32,33). The van der Waals surface area contributed by atoms with Crippen LogP contribution in [0.3, 0.4) is 0 Å². The Morgan fingerprint density at radius 2 is 1.85 bits per heavy atom. The van der Waals surface area contributed by atoms with Crippen LogP contribution in [0.5, 0.6) is 0 Å². The molecule has 176 valence electrons. The highest BCUT2D eigenvalue weighted by Crippen LogP contribution is 2.31. The maximum atomic E-state index is 11.6. The van der Waals surface area contributed by atoms with Gasteiger partial charge in [-0.1, -0.05) is 29.8 Å². The molecule has 2 aromatic heterocycles. The van der Waals surface area contributed by atoms with Crippen LogP contribution in [0.2, 0.25) is 5.02 Å². The molecule has 0 aliphatic carbocycles. The Labute approximate surface area is 202 Å². The average Bonchev–Trinajstić information content (AvgIpc) is 3.14. The summed E-state index contributed by atoms with van der Waals surface area (Å²) in [5, 5.41) is 4.72. The Balaban J connectivity index is 1.83. The van der Waals surface area contributed by atoms with Gasteiger partial charge < -0.3 is 4.55 Å². The average molecular weight is 499 g/mol. The molecule has 0 aliphatic heterocycles. The largest absolute Gasteiger partial charge is 0.744 e. The van der Waals surface area contributed by atoms with Crippen LogP contribution in [0.1, 0.15) is 22.3 Å². The number of halogens is 1. The topological polar surface area (TPSA) is 144 Å². The number of aromatic nitrogens is 4. The second kappa shape index (κ2) is 8.71. The zero-order chi connectivity index (χ0) is 24.8. The van der Waals surface area contributed by atoms with Crippen molar-refractivity contribution in [2.75, 3.05) is 11.6 Å². The van der Waals surface area contributed by atoms with E-state index in [0.717, 1.165) is 22.3 Å². The van der Waals surface area contributed by atoms with Gasteiger partial charge in [-0.15, -0.1) is 4.68 Å². The summed E-state index contributed by atoms with van der Waals surface area (Å²) in [5.41, 5.74) is 11.2. The number of benzene rings is 2. The highest BCUT2D eigenvalue weighted by molar-refractivity contribution is 7.85. The molecule has 4 rings (SSSR count). The van der Waals surface area contributed by atoms with Gasteiger partial charge in [-0.05, 0) is 54.7 Å². The Kier molecular flexibility index (Phi) is 6.07. The third-order valence-electron chi connectivity index (χ3n) is 5.50. The molecule has 0 saturated carbocycles. The monoisotopic (exact) mass is 498 g/mol. The zero-order valence-electron chi connectivity index (χ0n) is 18.8. The van der Waals surface area contributed by atoms with E-state index in [-0.39, 0.29) is 10.7 Å². The van der Waals surface area contributed by atoms with Crippen molar-refractivity contribution in [1.29, 1.82) is 0 Å². The maximum Gasteiger partial charge on any atom is 0.322 e. The Morgan fingerprint density at radius 3 is 2.44 bits per heavy atom. The van der Waals surface area contributed by atoms with Crippen molar-refractivity contribution in [1.82, 2.24) is 14.8 Å². The van der Waals surface area contributed by atoms with Crippen molar-refractivity contribution in [3.8, 4) is 22.5 Å². The second-order valence-corrected chi connectivity index (χ2v) is 9.91. The molecule has 2 aromatic carbocycles. The summed E-state index contributed by atoms with van der Waals surface area (Å²) in [6.07, 6.45) is 5.51. The van der Waals surface area contributed by atoms with Gasteiger partial charge in [0.05, 0.1) is 11.1 Å². The number of anilines is 1. The molecule has 11 heteroatoms. The highest BCUT2D eigenvalue weighted by Gasteiger charge is 2.20. The molecule has 4 aromatic rings. The maximum absolute atomic E-state index is 11.6. The minimum Gasteiger partial charge on any atom is -0.744 e. The molecule has 0 saturated heterocycles. The summed E-state index contributed by atoms with van der Waals surface area (Å²) >= 11 is 6.30. The summed E-state index contributed by atoms with van der Waals surface area (Å²) in [6, 6.07) is 8.82. The van der Waals surface area contributed by atoms with E-state index in [1.807, 2.05) is 12.1 Å². The van der Waals surface area contributed by atoms with Gasteiger partial charge >= 0.3 is 5.82 Å². The Bertz CT molecular complexity index is 1510. The van der Waals surface area contributed by atoms with Crippen molar-refractivity contribution in [3.63, 3.8) is 0 Å². The third-order valence-corrected chi connectivity index (χ3v) is 6.88. The molecule has 0 radical (unpaired) electrons. The first-order valence-corrected chi connectivity index (χ1v) is 12.0. The molecule has 9 nitrogen and oxygen atoms in total. The van der Waals surface area contributed by atoms with Crippen LogP contribution in [-0.4, -0.2) is 27.7 Å². The first-order valence-electron chi connectivity index (χ1n) is 10.2. The minimum absolute atomic E-state index is 0.187. The summed E-state index contributed by atoms with van der Waals surface area (Å²) < 4.78 is 37.8. The van der Waals surface area contributed by atoms with Gasteiger partial charge in [0.15, 0.2) is 5.69 Å². The zero-order valence-corrected chi connectivity index (χ0v) is 20.4. The molecule has 0 unspecified atom stereocenters. The minimum atomic E-state index is -4.57. The van der Waals surface area contributed by atoms with Crippen molar-refractivity contribution < 1.29 is 17.6 Å². The molecular formula is C23H23ClN6O3S. The summed E-state index contributed by atoms with van der Waals surface area (Å²) in [5.74, 6) is 6.43. The Morgan fingerprint density at radius 1 is 1.18 bits per heavy atom. The fourth-order valence-electron chi connectivity index (χ4n) is 4.13. The van der Waals surface area contributed by atoms with E-state index >= 15 is 0 Å². The van der Waals surface area contributed by atoms with Crippen LogP contribution < -0.4 is 16.3 Å². The van der Waals surface area contributed by atoms with Gasteiger partial charge in [-0.3, -0.25) is 16.3 Å². The van der Waals surface area contributed by atoms with E-state index in [2.05, 4.69) is 5.10 Å². The first-order chi connectivity index (χ1) is 15.9.